The van der Waals surface area contributed by atoms with Gasteiger partial charge in [0, 0.05) is 30.7 Å². The van der Waals surface area contributed by atoms with Crippen molar-refractivity contribution in [1.29, 1.82) is 0 Å². The Kier molecular flexibility index (Phi) is 4.93. The van der Waals surface area contributed by atoms with Gasteiger partial charge in [-0.15, -0.1) is 0 Å². The number of fused-ring (bicyclic) bond motifs is 5. The van der Waals surface area contributed by atoms with Gasteiger partial charge in [-0.3, -0.25) is 0 Å². The van der Waals surface area contributed by atoms with Crippen molar-refractivity contribution in [2.24, 2.45) is 12.5 Å². The number of nitrogens with zero attached hydrogens (tertiary/aromatic N) is 3. The van der Waals surface area contributed by atoms with E-state index in [1.807, 2.05) is 13.8 Å². The molecule has 0 fully saturated rings. The van der Waals surface area contributed by atoms with Crippen LogP contribution in [0.5, 0.6) is 0 Å². The van der Waals surface area contributed by atoms with Gasteiger partial charge in [-0.1, -0.05) is 39.0 Å². The summed E-state index contributed by atoms with van der Waals surface area (Å²) in [6.45, 7) is 23.2. The highest BCUT2D eigenvalue weighted by Gasteiger charge is 2.28. The zero-order chi connectivity index (χ0) is 26.4. The molecule has 0 spiro atoms. The van der Waals surface area contributed by atoms with Crippen LogP contribution in [0.15, 0.2) is 48.7 Å². The van der Waals surface area contributed by atoms with Crippen molar-refractivity contribution < 1.29 is 4.57 Å². The molecule has 0 amide bonds. The normalized spacial score (nSPS) is 13.1. The molecule has 3 heteroatoms. The van der Waals surface area contributed by atoms with Crippen LogP contribution < -0.4 is 4.57 Å². The third kappa shape index (κ3) is 3.57. The number of pyridine rings is 2. The minimum absolute atomic E-state index is 0.221. The third-order valence-electron chi connectivity index (χ3n) is 8.06. The summed E-state index contributed by atoms with van der Waals surface area (Å²) in [6.07, 6.45) is 3.96. The van der Waals surface area contributed by atoms with Crippen LogP contribution in [0, 0.1) is 25.8 Å². The number of hydrogen-bond donors (Lipinski definition) is 0. The van der Waals surface area contributed by atoms with Gasteiger partial charge in [-0.2, -0.15) is 0 Å². The molecule has 0 saturated carbocycles. The van der Waals surface area contributed by atoms with E-state index >= 15 is 0 Å². The van der Waals surface area contributed by atoms with Gasteiger partial charge >= 0.3 is 0 Å². The molecule has 0 aliphatic carbocycles. The molecule has 0 unspecified atom stereocenters. The monoisotopic (exact) mass is 486 g/mol. The van der Waals surface area contributed by atoms with Crippen molar-refractivity contribution in [1.82, 2.24) is 4.40 Å². The molecule has 3 nitrogen and oxygen atoms in total. The molecule has 0 bridgehead atoms. The maximum absolute atomic E-state index is 7.72. The lowest BCUT2D eigenvalue weighted by molar-refractivity contribution is -0.643. The summed E-state index contributed by atoms with van der Waals surface area (Å²) in [4.78, 5) is 3.92. The average molecular weight is 487 g/mol. The van der Waals surface area contributed by atoms with Crippen molar-refractivity contribution in [3.05, 3.63) is 82.3 Å². The molecule has 0 radical (unpaired) electrons. The predicted octanol–water partition coefficient (Wildman–Crippen LogP) is 8.26. The van der Waals surface area contributed by atoms with E-state index in [1.54, 1.807) is 0 Å². The first-order chi connectivity index (χ1) is 17.4. The topological polar surface area (TPSA) is 12.7 Å². The first-order valence-corrected chi connectivity index (χ1v) is 13.3. The van der Waals surface area contributed by atoms with Crippen LogP contribution in [-0.4, -0.2) is 9.94 Å². The first-order valence-electron chi connectivity index (χ1n) is 13.3. The van der Waals surface area contributed by atoms with E-state index in [-0.39, 0.29) is 5.41 Å². The third-order valence-corrected chi connectivity index (χ3v) is 8.06. The highest BCUT2D eigenvalue weighted by Crippen LogP contribution is 2.42. The van der Waals surface area contributed by atoms with Crippen LogP contribution in [0.1, 0.15) is 56.9 Å². The molecule has 3 heterocycles. The summed E-state index contributed by atoms with van der Waals surface area (Å²) in [5.41, 5.74) is 10.2. The maximum Gasteiger partial charge on any atom is 0.231 e. The van der Waals surface area contributed by atoms with Crippen molar-refractivity contribution in [2.75, 3.05) is 0 Å². The predicted molar refractivity (Wildman–Crippen MR) is 157 cm³/mol. The second-order valence-corrected chi connectivity index (χ2v) is 13.0. The van der Waals surface area contributed by atoms with Crippen LogP contribution in [-0.2, 0) is 19.9 Å². The summed E-state index contributed by atoms with van der Waals surface area (Å²) >= 11 is 0. The quantitative estimate of drug-likeness (QED) is 0.103. The van der Waals surface area contributed by atoms with Gasteiger partial charge < -0.3 is 9.25 Å². The average Bonchev–Trinajstić information content (AvgIpc) is 3.12. The Labute approximate surface area is 219 Å². The molecule has 186 valence electrons. The standard InChI is InChI=1S/C34H36N3/c1-20-14-26-25-11-10-22(18-33(3,4)5)16-27(25)37-28-17-23(19-34(6,7)35-8)15-24-12-13-36(9)32(30(24)28)29(21(20)2)31(26)37/h10-17H,18-19H2,1-7,9H3/q+1. The molecular weight excluding hydrogens is 450 g/mol. The minimum atomic E-state index is -0.434. The van der Waals surface area contributed by atoms with Crippen molar-refractivity contribution >= 4 is 49.0 Å². The Morgan fingerprint density at radius 3 is 2.27 bits per heavy atom. The van der Waals surface area contributed by atoms with Crippen LogP contribution in [0.4, 0.5) is 0 Å². The molecule has 0 aliphatic rings. The number of hydrogen-bond acceptors (Lipinski definition) is 0. The highest BCUT2D eigenvalue weighted by molar-refractivity contribution is 6.26. The molecule has 6 aromatic rings. The zero-order valence-electron chi connectivity index (χ0n) is 23.4. The molecule has 0 saturated heterocycles. The van der Waals surface area contributed by atoms with E-state index < -0.39 is 5.54 Å². The van der Waals surface area contributed by atoms with E-state index in [0.29, 0.717) is 0 Å². The lowest BCUT2D eigenvalue weighted by Gasteiger charge is -2.18. The van der Waals surface area contributed by atoms with Crippen LogP contribution >= 0.6 is 0 Å². The molecular formula is C34H36N3+. The highest BCUT2D eigenvalue weighted by atomic mass is 15.0. The molecule has 0 aliphatic heterocycles. The van der Waals surface area contributed by atoms with Crippen molar-refractivity contribution in [3.63, 3.8) is 0 Å². The first kappa shape index (κ1) is 23.7. The Hall–Kier alpha value is -3.64. The Bertz CT molecular complexity index is 1920. The van der Waals surface area contributed by atoms with E-state index in [2.05, 4.69) is 104 Å². The van der Waals surface area contributed by atoms with Gasteiger partial charge in [-0.05, 0) is 71.5 Å². The van der Waals surface area contributed by atoms with Crippen LogP contribution in [0.3, 0.4) is 0 Å². The summed E-state index contributed by atoms with van der Waals surface area (Å²) in [6, 6.07) is 16.4. The lowest BCUT2D eigenvalue weighted by atomic mass is 9.88. The summed E-state index contributed by atoms with van der Waals surface area (Å²) in [5, 5.41) is 6.53. The van der Waals surface area contributed by atoms with E-state index in [9.17, 15) is 0 Å². The van der Waals surface area contributed by atoms with E-state index in [1.165, 1.54) is 71.3 Å². The summed E-state index contributed by atoms with van der Waals surface area (Å²) < 4.78 is 4.82. The number of aryl methyl sites for hydroxylation is 3. The molecule has 0 N–H and O–H groups in total. The largest absolute Gasteiger partial charge is 0.311 e. The van der Waals surface area contributed by atoms with Crippen LogP contribution in [0.25, 0.3) is 53.8 Å². The minimum Gasteiger partial charge on any atom is -0.311 e. The number of benzene rings is 3. The molecule has 3 aromatic carbocycles. The smallest absolute Gasteiger partial charge is 0.231 e. The zero-order valence-corrected chi connectivity index (χ0v) is 23.4. The number of aromatic nitrogens is 2. The van der Waals surface area contributed by atoms with Gasteiger partial charge in [0.15, 0.2) is 6.20 Å². The summed E-state index contributed by atoms with van der Waals surface area (Å²) in [5.74, 6) is 0. The maximum atomic E-state index is 7.72. The fourth-order valence-corrected chi connectivity index (χ4v) is 6.37. The fraction of sp³-hybridized carbons (Fsp3) is 0.353. The molecule has 0 atom stereocenters. The van der Waals surface area contributed by atoms with Gasteiger partial charge in [-0.25, -0.2) is 11.1 Å². The van der Waals surface area contributed by atoms with Crippen molar-refractivity contribution in [2.45, 2.75) is 66.8 Å². The Morgan fingerprint density at radius 1 is 0.838 bits per heavy atom. The van der Waals surface area contributed by atoms with Crippen molar-refractivity contribution in [3.8, 4) is 0 Å². The molecule has 3 aromatic heterocycles. The molecule has 37 heavy (non-hydrogen) atoms. The Balaban J connectivity index is 1.88. The van der Waals surface area contributed by atoms with Gasteiger partial charge in [0.2, 0.25) is 11.1 Å². The van der Waals surface area contributed by atoms with Gasteiger partial charge in [0.05, 0.1) is 33.7 Å². The lowest BCUT2D eigenvalue weighted by Crippen LogP contribution is -2.29. The number of rotatable bonds is 3. The van der Waals surface area contributed by atoms with Crippen LogP contribution in [0.2, 0.25) is 0 Å². The van der Waals surface area contributed by atoms with Gasteiger partial charge in [0.25, 0.3) is 0 Å². The SMILES string of the molecule is [C-]#[N+]C(C)(C)Cc1cc2cc[n+](C)c3c4c(C)c(C)cc5c6ccc(CC(C)(C)C)cc6n(c(c1)c23)c54. The van der Waals surface area contributed by atoms with E-state index in [4.69, 9.17) is 6.57 Å². The molecule has 6 rings (SSSR count). The van der Waals surface area contributed by atoms with E-state index in [0.717, 1.165) is 12.8 Å². The van der Waals surface area contributed by atoms with Gasteiger partial charge in [0.1, 0.15) is 7.05 Å². The second kappa shape index (κ2) is 7.68. The fourth-order valence-electron chi connectivity index (χ4n) is 6.37. The summed E-state index contributed by atoms with van der Waals surface area (Å²) in [7, 11) is 2.17. The Morgan fingerprint density at radius 2 is 1.57 bits per heavy atom. The second-order valence-electron chi connectivity index (χ2n) is 13.0.